The van der Waals surface area contributed by atoms with Gasteiger partial charge in [-0.2, -0.15) is 0 Å². The van der Waals surface area contributed by atoms with Gasteiger partial charge in [-0.3, -0.25) is 0 Å². The van der Waals surface area contributed by atoms with Crippen molar-refractivity contribution in [3.63, 3.8) is 0 Å². The summed E-state index contributed by atoms with van der Waals surface area (Å²) in [6, 6.07) is 58.5. The molecule has 0 atom stereocenters. The molecule has 0 saturated carbocycles. The molecule has 5 heteroatoms. The van der Waals surface area contributed by atoms with E-state index < -0.39 is 0 Å². The number of anilines is 3. The van der Waals surface area contributed by atoms with Crippen LogP contribution in [0, 0.1) is 0 Å². The summed E-state index contributed by atoms with van der Waals surface area (Å²) in [5.41, 5.74) is 10.0. The maximum absolute atomic E-state index is 4.97. The van der Waals surface area contributed by atoms with Gasteiger partial charge < -0.3 is 4.90 Å². The number of thiazole rings is 1. The number of rotatable bonds is 6. The van der Waals surface area contributed by atoms with E-state index in [-0.39, 0.29) is 0 Å². The number of benzene rings is 7. The van der Waals surface area contributed by atoms with E-state index in [9.17, 15) is 0 Å². The molecule has 2 nitrogen and oxygen atoms in total. The van der Waals surface area contributed by atoms with E-state index in [1.54, 1.807) is 11.3 Å². The van der Waals surface area contributed by atoms with Crippen LogP contribution in [-0.2, 0) is 0 Å². The molecule has 9 rings (SSSR count). The van der Waals surface area contributed by atoms with Gasteiger partial charge in [0.05, 0.1) is 10.2 Å². The lowest BCUT2D eigenvalue weighted by atomic mass is 10.0. The van der Waals surface area contributed by atoms with Gasteiger partial charge in [0.15, 0.2) is 0 Å². The molecule has 228 valence electrons. The Morgan fingerprint density at radius 3 is 1.90 bits per heavy atom. The van der Waals surface area contributed by atoms with E-state index in [0.29, 0.717) is 0 Å². The maximum atomic E-state index is 4.97. The highest BCUT2D eigenvalue weighted by Gasteiger charge is 2.17. The topological polar surface area (TPSA) is 16.1 Å². The summed E-state index contributed by atoms with van der Waals surface area (Å²) in [4.78, 5) is 8.21. The summed E-state index contributed by atoms with van der Waals surface area (Å²) in [5, 5.41) is 3.59. The van der Waals surface area contributed by atoms with E-state index >= 15 is 0 Å². The predicted octanol–water partition coefficient (Wildman–Crippen LogP) is 13.4. The van der Waals surface area contributed by atoms with Crippen LogP contribution in [0.15, 0.2) is 169 Å². The summed E-state index contributed by atoms with van der Waals surface area (Å²) in [5.74, 6) is 0. The minimum absolute atomic E-state index is 0.912. The van der Waals surface area contributed by atoms with Crippen LogP contribution in [0.4, 0.5) is 17.1 Å². The van der Waals surface area contributed by atoms with Crippen LogP contribution in [0.5, 0.6) is 0 Å². The van der Waals surface area contributed by atoms with Gasteiger partial charge in [-0.1, -0.05) is 103 Å². The SMILES string of the molecule is Sc1cc2nc(-c3ccccc3)sc2cc1-c1cccc(N(c2ccc(-c3ccccc3)cc2)c2ccc3sc4ccccc4c3c2)c1. The largest absolute Gasteiger partial charge is 0.310 e. The second-order valence-electron chi connectivity index (χ2n) is 11.8. The zero-order valence-electron chi connectivity index (χ0n) is 25.7. The molecule has 0 aliphatic heterocycles. The molecule has 0 N–H and O–H groups in total. The summed E-state index contributed by atoms with van der Waals surface area (Å²) >= 11 is 8.54. The molecule has 7 aromatic carbocycles. The van der Waals surface area contributed by atoms with Crippen molar-refractivity contribution in [3.8, 4) is 32.8 Å². The molecular weight excluding hydrogens is 641 g/mol. The number of nitrogens with zero attached hydrogens (tertiary/aromatic N) is 2. The van der Waals surface area contributed by atoms with Crippen LogP contribution in [0.1, 0.15) is 0 Å². The van der Waals surface area contributed by atoms with Crippen LogP contribution in [-0.4, -0.2) is 4.98 Å². The second kappa shape index (κ2) is 12.1. The minimum atomic E-state index is 0.912. The second-order valence-corrected chi connectivity index (χ2v) is 14.4. The quantitative estimate of drug-likeness (QED) is 0.178. The number of fused-ring (bicyclic) bond motifs is 4. The Labute approximate surface area is 292 Å². The first kappa shape index (κ1) is 29.0. The molecule has 0 amide bonds. The zero-order valence-corrected chi connectivity index (χ0v) is 28.3. The van der Waals surface area contributed by atoms with E-state index in [1.165, 1.54) is 31.3 Å². The molecule has 2 aromatic heterocycles. The third-order valence-corrected chi connectivity index (χ3v) is 11.4. The third-order valence-electron chi connectivity index (χ3n) is 8.79. The van der Waals surface area contributed by atoms with Gasteiger partial charge in [0.2, 0.25) is 0 Å². The van der Waals surface area contributed by atoms with Crippen LogP contribution < -0.4 is 4.90 Å². The van der Waals surface area contributed by atoms with E-state index in [1.807, 2.05) is 17.4 Å². The van der Waals surface area contributed by atoms with Crippen molar-refractivity contribution in [1.82, 2.24) is 4.98 Å². The minimum Gasteiger partial charge on any atom is -0.310 e. The smallest absolute Gasteiger partial charge is 0.124 e. The summed E-state index contributed by atoms with van der Waals surface area (Å²) < 4.78 is 3.75. The molecule has 9 aromatic rings. The molecule has 0 radical (unpaired) electrons. The first-order valence-electron chi connectivity index (χ1n) is 15.8. The molecule has 2 heterocycles. The molecular formula is C43H28N2S3. The van der Waals surface area contributed by atoms with Gasteiger partial charge in [-0.05, 0) is 82.9 Å². The predicted molar refractivity (Wildman–Crippen MR) is 211 cm³/mol. The zero-order chi connectivity index (χ0) is 32.0. The highest BCUT2D eigenvalue weighted by Crippen LogP contribution is 2.43. The average molecular weight is 669 g/mol. The van der Waals surface area contributed by atoms with Gasteiger partial charge in [0.1, 0.15) is 5.01 Å². The molecule has 0 unspecified atom stereocenters. The van der Waals surface area contributed by atoms with Crippen molar-refractivity contribution in [2.24, 2.45) is 0 Å². The number of thiol groups is 1. The van der Waals surface area contributed by atoms with Crippen LogP contribution >= 0.6 is 35.3 Å². The Bertz CT molecular complexity index is 2570. The van der Waals surface area contributed by atoms with Gasteiger partial charge in [0, 0.05) is 47.7 Å². The molecule has 0 saturated heterocycles. The maximum Gasteiger partial charge on any atom is 0.124 e. The first-order valence-corrected chi connectivity index (χ1v) is 17.9. The standard InChI is InChI=1S/C43H28N2S3/c46-39-27-38-42(48-43(44-38)30-12-5-2-6-13-30)26-36(39)31-14-9-15-33(24-31)45(32-20-18-29(19-21-32)28-10-3-1-4-11-28)34-22-23-41-37(25-34)35-16-7-8-17-40(35)47-41/h1-27,46H. The lowest BCUT2D eigenvalue weighted by Crippen LogP contribution is -2.10. The molecule has 0 aliphatic carbocycles. The average Bonchev–Trinajstić information content (AvgIpc) is 3.73. The third kappa shape index (κ3) is 5.26. The molecule has 0 fully saturated rings. The van der Waals surface area contributed by atoms with Crippen molar-refractivity contribution < 1.29 is 0 Å². The molecule has 0 aliphatic rings. The normalized spacial score (nSPS) is 11.4. The Balaban J connectivity index is 1.17. The Morgan fingerprint density at radius 1 is 0.438 bits per heavy atom. The molecule has 48 heavy (non-hydrogen) atoms. The van der Waals surface area contributed by atoms with Crippen molar-refractivity contribution in [3.05, 3.63) is 164 Å². The molecule has 0 bridgehead atoms. The van der Waals surface area contributed by atoms with Gasteiger partial charge in [-0.15, -0.1) is 35.3 Å². The van der Waals surface area contributed by atoms with Crippen molar-refractivity contribution in [2.75, 3.05) is 4.90 Å². The monoisotopic (exact) mass is 668 g/mol. The highest BCUT2D eigenvalue weighted by atomic mass is 32.1. The van der Waals surface area contributed by atoms with Gasteiger partial charge in [0.25, 0.3) is 0 Å². The number of hydrogen-bond donors (Lipinski definition) is 1. The fourth-order valence-corrected chi connectivity index (χ4v) is 8.84. The van der Waals surface area contributed by atoms with Crippen molar-refractivity contribution in [1.29, 1.82) is 0 Å². The Kier molecular flexibility index (Phi) is 7.31. The van der Waals surface area contributed by atoms with E-state index in [4.69, 9.17) is 17.6 Å². The fourth-order valence-electron chi connectivity index (χ4n) is 6.44. The summed E-state index contributed by atoms with van der Waals surface area (Å²) in [7, 11) is 0. The lowest BCUT2D eigenvalue weighted by Gasteiger charge is -2.26. The van der Waals surface area contributed by atoms with Crippen molar-refractivity contribution >= 4 is 82.8 Å². The Hall–Kier alpha value is -5.20. The van der Waals surface area contributed by atoms with Crippen molar-refractivity contribution in [2.45, 2.75) is 4.90 Å². The summed E-state index contributed by atoms with van der Waals surface area (Å²) in [6.45, 7) is 0. The van der Waals surface area contributed by atoms with E-state index in [2.05, 4.69) is 163 Å². The summed E-state index contributed by atoms with van der Waals surface area (Å²) in [6.07, 6.45) is 0. The molecule has 0 spiro atoms. The highest BCUT2D eigenvalue weighted by molar-refractivity contribution is 7.80. The van der Waals surface area contributed by atoms with Gasteiger partial charge >= 0.3 is 0 Å². The number of aromatic nitrogens is 1. The van der Waals surface area contributed by atoms with Crippen LogP contribution in [0.3, 0.4) is 0 Å². The number of hydrogen-bond acceptors (Lipinski definition) is 5. The van der Waals surface area contributed by atoms with Crippen LogP contribution in [0.2, 0.25) is 0 Å². The van der Waals surface area contributed by atoms with Crippen LogP contribution in [0.25, 0.3) is 63.2 Å². The Morgan fingerprint density at radius 2 is 1.08 bits per heavy atom. The fraction of sp³-hybridized carbons (Fsp3) is 0. The number of thiophene rings is 1. The van der Waals surface area contributed by atoms with Gasteiger partial charge in [-0.25, -0.2) is 4.98 Å². The van der Waals surface area contributed by atoms with E-state index in [0.717, 1.165) is 53.9 Å². The lowest BCUT2D eigenvalue weighted by molar-refractivity contribution is 1.29. The first-order chi connectivity index (χ1) is 23.7.